The molecule has 0 atom stereocenters. The maximum Gasteiger partial charge on any atom is 0.335 e. The number of carbonyl (C=O) groups is 2. The first kappa shape index (κ1) is 19.4. The number of rotatable bonds is 5. The number of carbonyl (C=O) groups excluding carboxylic acids is 1. The van der Waals surface area contributed by atoms with Gasteiger partial charge in [-0.2, -0.15) is 0 Å². The monoisotopic (exact) mass is 418 g/mol. The van der Waals surface area contributed by atoms with Crippen molar-refractivity contribution in [3.8, 4) is 16.9 Å². The van der Waals surface area contributed by atoms with E-state index < -0.39 is 5.97 Å². The predicted octanol–water partition coefficient (Wildman–Crippen LogP) is 4.54. The summed E-state index contributed by atoms with van der Waals surface area (Å²) in [6.07, 6.45) is 1.66. The van der Waals surface area contributed by atoms with Crippen LogP contribution in [0.1, 0.15) is 20.7 Å². The lowest BCUT2D eigenvalue weighted by Gasteiger charge is -2.09. The van der Waals surface area contributed by atoms with Gasteiger partial charge in [0.15, 0.2) is 0 Å². The van der Waals surface area contributed by atoms with Gasteiger partial charge in [0.25, 0.3) is 5.91 Å². The predicted molar refractivity (Wildman–Crippen MR) is 113 cm³/mol. The van der Waals surface area contributed by atoms with Crippen LogP contribution in [0.25, 0.3) is 16.9 Å². The van der Waals surface area contributed by atoms with Gasteiger partial charge in [0.2, 0.25) is 0 Å². The Morgan fingerprint density at radius 1 is 0.867 bits per heavy atom. The van der Waals surface area contributed by atoms with E-state index in [-0.39, 0.29) is 11.5 Å². The van der Waals surface area contributed by atoms with E-state index in [1.165, 1.54) is 12.1 Å². The molecule has 0 fully saturated rings. The average Bonchev–Trinajstić information content (AvgIpc) is 3.24. The van der Waals surface area contributed by atoms with Crippen LogP contribution in [0.15, 0.2) is 79.0 Å². The van der Waals surface area contributed by atoms with Gasteiger partial charge in [-0.25, -0.2) is 9.48 Å². The summed E-state index contributed by atoms with van der Waals surface area (Å²) >= 11 is 5.95. The number of benzene rings is 3. The zero-order chi connectivity index (χ0) is 21.1. The molecule has 30 heavy (non-hydrogen) atoms. The van der Waals surface area contributed by atoms with Crippen molar-refractivity contribution in [3.05, 3.63) is 95.1 Å². The summed E-state index contributed by atoms with van der Waals surface area (Å²) in [5, 5.41) is 20.4. The molecule has 148 valence electrons. The van der Waals surface area contributed by atoms with E-state index in [1.54, 1.807) is 59.4 Å². The Labute approximate surface area is 176 Å². The number of nitrogens with one attached hydrogen (secondary N) is 1. The summed E-state index contributed by atoms with van der Waals surface area (Å²) < 4.78 is 1.68. The lowest BCUT2D eigenvalue weighted by atomic mass is 10.1. The first-order valence-corrected chi connectivity index (χ1v) is 9.31. The Hall–Kier alpha value is -3.97. The lowest BCUT2D eigenvalue weighted by Crippen LogP contribution is -2.12. The molecule has 7 nitrogen and oxygen atoms in total. The molecular weight excluding hydrogens is 404 g/mol. The number of carboxylic acids is 1. The van der Waals surface area contributed by atoms with E-state index in [9.17, 15) is 9.59 Å². The summed E-state index contributed by atoms with van der Waals surface area (Å²) in [6, 6.07) is 20.2. The highest BCUT2D eigenvalue weighted by atomic mass is 35.5. The molecule has 8 heteroatoms. The number of aromatic carboxylic acids is 1. The molecule has 0 saturated carbocycles. The molecule has 1 heterocycles. The number of hydrogen-bond acceptors (Lipinski definition) is 4. The van der Waals surface area contributed by atoms with Crippen LogP contribution in [0.4, 0.5) is 5.69 Å². The minimum atomic E-state index is -1.02. The number of hydrogen-bond donors (Lipinski definition) is 2. The zero-order valence-corrected chi connectivity index (χ0v) is 16.2. The van der Waals surface area contributed by atoms with Gasteiger partial charge < -0.3 is 10.4 Å². The summed E-state index contributed by atoms with van der Waals surface area (Å²) in [5.74, 6) is -1.32. The number of nitrogens with zero attached hydrogens (tertiary/aromatic N) is 3. The molecule has 0 aliphatic carbocycles. The summed E-state index contributed by atoms with van der Waals surface area (Å²) in [7, 11) is 0. The van der Waals surface area contributed by atoms with Crippen LogP contribution in [0.2, 0.25) is 5.02 Å². The van der Waals surface area contributed by atoms with Crippen LogP contribution < -0.4 is 5.32 Å². The van der Waals surface area contributed by atoms with Crippen LogP contribution in [-0.2, 0) is 0 Å². The van der Waals surface area contributed by atoms with Crippen LogP contribution >= 0.6 is 11.6 Å². The van der Waals surface area contributed by atoms with Crippen molar-refractivity contribution < 1.29 is 14.7 Å². The SMILES string of the molecule is O=C(O)c1ccc(NC(=O)c2ccc(-n3nncc3-c3ccc(Cl)cc3)cc2)cc1. The Morgan fingerprint density at radius 3 is 2.13 bits per heavy atom. The molecule has 0 aliphatic heterocycles. The molecule has 0 spiro atoms. The van der Waals surface area contributed by atoms with Crippen molar-refractivity contribution in [2.24, 2.45) is 0 Å². The highest BCUT2D eigenvalue weighted by molar-refractivity contribution is 6.30. The van der Waals surface area contributed by atoms with Crippen molar-refractivity contribution in [2.45, 2.75) is 0 Å². The maximum atomic E-state index is 12.5. The lowest BCUT2D eigenvalue weighted by molar-refractivity contribution is 0.0696. The Morgan fingerprint density at radius 2 is 1.50 bits per heavy atom. The van der Waals surface area contributed by atoms with Crippen molar-refractivity contribution in [1.82, 2.24) is 15.0 Å². The van der Waals surface area contributed by atoms with E-state index in [0.29, 0.717) is 16.3 Å². The van der Waals surface area contributed by atoms with E-state index in [0.717, 1.165) is 16.9 Å². The van der Waals surface area contributed by atoms with Crippen LogP contribution in [0.3, 0.4) is 0 Å². The number of halogens is 1. The van der Waals surface area contributed by atoms with Crippen molar-refractivity contribution in [2.75, 3.05) is 5.32 Å². The van der Waals surface area contributed by atoms with Gasteiger partial charge in [0, 0.05) is 21.8 Å². The smallest absolute Gasteiger partial charge is 0.335 e. The molecule has 4 aromatic rings. The minimum absolute atomic E-state index is 0.154. The molecule has 0 aliphatic rings. The van der Waals surface area contributed by atoms with Gasteiger partial charge in [0.1, 0.15) is 0 Å². The number of aromatic nitrogens is 3. The molecule has 0 saturated heterocycles. The van der Waals surface area contributed by atoms with Gasteiger partial charge in [-0.15, -0.1) is 5.10 Å². The van der Waals surface area contributed by atoms with Crippen LogP contribution in [0.5, 0.6) is 0 Å². The quantitative estimate of drug-likeness (QED) is 0.496. The molecule has 2 N–H and O–H groups in total. The first-order valence-electron chi connectivity index (χ1n) is 8.93. The Bertz CT molecular complexity index is 1200. The molecule has 0 bridgehead atoms. The van der Waals surface area contributed by atoms with Gasteiger partial charge >= 0.3 is 5.97 Å². The first-order chi connectivity index (χ1) is 14.5. The number of amides is 1. The highest BCUT2D eigenvalue weighted by Crippen LogP contribution is 2.23. The van der Waals surface area contributed by atoms with Crippen LogP contribution in [-0.4, -0.2) is 32.0 Å². The Kier molecular flexibility index (Phi) is 5.28. The molecule has 0 radical (unpaired) electrons. The largest absolute Gasteiger partial charge is 0.478 e. The second-order valence-corrected chi connectivity index (χ2v) is 6.86. The van der Waals surface area contributed by atoms with Gasteiger partial charge in [0.05, 0.1) is 23.1 Å². The van der Waals surface area contributed by atoms with E-state index in [1.807, 2.05) is 12.1 Å². The molecule has 4 rings (SSSR count). The average molecular weight is 419 g/mol. The fraction of sp³-hybridized carbons (Fsp3) is 0. The molecule has 1 amide bonds. The fourth-order valence-corrected chi connectivity index (χ4v) is 3.02. The summed E-state index contributed by atoms with van der Waals surface area (Å²) in [6.45, 7) is 0. The van der Waals surface area contributed by atoms with Gasteiger partial charge in [-0.3, -0.25) is 4.79 Å². The molecule has 1 aromatic heterocycles. The standard InChI is InChI=1S/C22H15ClN4O3/c23-17-7-1-14(2-8-17)20-13-24-26-27(20)19-11-5-15(6-12-19)21(28)25-18-9-3-16(4-10-18)22(29)30/h1-13H,(H,25,28)(H,29,30). The van der Waals surface area contributed by atoms with E-state index >= 15 is 0 Å². The Balaban J connectivity index is 1.52. The van der Waals surface area contributed by atoms with Crippen molar-refractivity contribution in [1.29, 1.82) is 0 Å². The summed E-state index contributed by atoms with van der Waals surface area (Å²) in [4.78, 5) is 23.4. The van der Waals surface area contributed by atoms with E-state index in [2.05, 4.69) is 15.6 Å². The fourth-order valence-electron chi connectivity index (χ4n) is 2.90. The van der Waals surface area contributed by atoms with E-state index in [4.69, 9.17) is 16.7 Å². The third-order valence-electron chi connectivity index (χ3n) is 4.45. The second-order valence-electron chi connectivity index (χ2n) is 6.42. The van der Waals surface area contributed by atoms with Crippen molar-refractivity contribution >= 4 is 29.2 Å². The zero-order valence-electron chi connectivity index (χ0n) is 15.5. The second kappa shape index (κ2) is 8.18. The van der Waals surface area contributed by atoms with Crippen LogP contribution in [0, 0.1) is 0 Å². The van der Waals surface area contributed by atoms with Crippen molar-refractivity contribution in [3.63, 3.8) is 0 Å². The highest BCUT2D eigenvalue weighted by Gasteiger charge is 2.11. The third-order valence-corrected chi connectivity index (χ3v) is 4.71. The maximum absolute atomic E-state index is 12.5. The minimum Gasteiger partial charge on any atom is -0.478 e. The molecule has 3 aromatic carbocycles. The summed E-state index contributed by atoms with van der Waals surface area (Å²) in [5.41, 5.74) is 3.57. The molecular formula is C22H15ClN4O3. The topological polar surface area (TPSA) is 97.1 Å². The van der Waals surface area contributed by atoms with Gasteiger partial charge in [-0.1, -0.05) is 28.9 Å². The number of carboxylic acid groups (broad SMARTS) is 1. The molecule has 0 unspecified atom stereocenters. The van der Waals surface area contributed by atoms with Gasteiger partial charge in [-0.05, 0) is 60.7 Å². The number of anilines is 1. The normalized spacial score (nSPS) is 10.6. The third kappa shape index (κ3) is 4.06.